The van der Waals surface area contributed by atoms with Gasteiger partial charge in [0.2, 0.25) is 0 Å². The molecule has 0 heterocycles. The van der Waals surface area contributed by atoms with Crippen LogP contribution in [-0.4, -0.2) is 45.6 Å². The number of aliphatic carboxylic acids is 1. The molecule has 4 aliphatic rings. The van der Waals surface area contributed by atoms with Gasteiger partial charge in [-0.05, 0) is 96.9 Å². The van der Waals surface area contributed by atoms with Crippen molar-refractivity contribution in [2.75, 3.05) is 0 Å². The van der Waals surface area contributed by atoms with E-state index in [0.717, 1.165) is 44.1 Å². The topological polar surface area (TPSA) is 104 Å². The number of hydrogen-bond acceptors (Lipinski definition) is 5. The average Bonchev–Trinajstić information content (AvgIpc) is 3.09. The zero-order valence-electron chi connectivity index (χ0n) is 24.9. The second-order valence-electron chi connectivity index (χ2n) is 14.5. The van der Waals surface area contributed by atoms with E-state index in [1.807, 2.05) is 0 Å². The number of carbonyl (C=O) groups is 2. The van der Waals surface area contributed by atoms with Crippen LogP contribution in [0, 0.1) is 51.8 Å². The summed E-state index contributed by atoms with van der Waals surface area (Å²) in [5, 5.41) is 33.4. The van der Waals surface area contributed by atoms with Gasteiger partial charge in [0.25, 0.3) is 0 Å². The number of ether oxygens (including phenoxy) is 1. The van der Waals surface area contributed by atoms with E-state index in [-0.39, 0.29) is 47.1 Å². The van der Waals surface area contributed by atoms with Gasteiger partial charge in [-0.1, -0.05) is 54.9 Å². The number of rotatable bonds is 6. The zero-order valence-corrected chi connectivity index (χ0v) is 24.9. The van der Waals surface area contributed by atoms with Crippen LogP contribution >= 0.6 is 0 Å². The van der Waals surface area contributed by atoms with Crippen LogP contribution in [0.3, 0.4) is 0 Å². The number of esters is 1. The summed E-state index contributed by atoms with van der Waals surface area (Å²) in [5.41, 5.74) is 0.328. The standard InChI is InChI=1S/C32H52O6/c1-17(2)10-9-11-21(29(36)37)26-22-12-13-25-30(6)15-14-23(34)18(3)27(30)19(4)28(35)32(25,8)31(22,7)16-24(26)38-20(5)33/h17-19,22-25,27-28,34-35H,9-16H2,1-8H3,(H,36,37)/b26-21-. The van der Waals surface area contributed by atoms with Crippen LogP contribution in [0.2, 0.25) is 0 Å². The minimum atomic E-state index is -0.905. The van der Waals surface area contributed by atoms with Crippen molar-refractivity contribution in [1.29, 1.82) is 0 Å². The van der Waals surface area contributed by atoms with Crippen LogP contribution in [0.5, 0.6) is 0 Å². The number of carboxylic acids is 1. The van der Waals surface area contributed by atoms with E-state index in [2.05, 4.69) is 48.5 Å². The van der Waals surface area contributed by atoms with Crippen molar-refractivity contribution in [3.8, 4) is 0 Å². The van der Waals surface area contributed by atoms with E-state index in [0.29, 0.717) is 24.3 Å². The van der Waals surface area contributed by atoms with Crippen molar-refractivity contribution in [2.45, 2.75) is 125 Å². The fraction of sp³-hybridized carbons (Fsp3) is 0.875. The first-order chi connectivity index (χ1) is 17.6. The van der Waals surface area contributed by atoms with Crippen LogP contribution in [0.4, 0.5) is 0 Å². The molecule has 0 aromatic carbocycles. The van der Waals surface area contributed by atoms with Gasteiger partial charge < -0.3 is 20.1 Å². The fourth-order valence-corrected chi connectivity index (χ4v) is 10.6. The summed E-state index contributed by atoms with van der Waals surface area (Å²) in [6.45, 7) is 16.9. The van der Waals surface area contributed by atoms with Crippen molar-refractivity contribution in [3.05, 3.63) is 11.1 Å². The third kappa shape index (κ3) is 4.27. The average molecular weight is 533 g/mol. The molecule has 6 nitrogen and oxygen atoms in total. The normalized spacial score (nSPS) is 47.7. The molecule has 0 amide bonds. The first-order valence-electron chi connectivity index (χ1n) is 15.1. The van der Waals surface area contributed by atoms with Gasteiger partial charge in [0, 0.05) is 17.9 Å². The molecule has 0 bridgehead atoms. The number of fused-ring (bicyclic) bond motifs is 5. The zero-order chi connectivity index (χ0) is 28.4. The summed E-state index contributed by atoms with van der Waals surface area (Å²) in [7, 11) is 0. The van der Waals surface area contributed by atoms with Gasteiger partial charge >= 0.3 is 11.9 Å². The monoisotopic (exact) mass is 532 g/mol. The molecule has 0 aromatic heterocycles. The van der Waals surface area contributed by atoms with E-state index in [1.54, 1.807) is 0 Å². The Balaban J connectivity index is 1.83. The highest BCUT2D eigenvalue weighted by molar-refractivity contribution is 5.88. The molecule has 4 fully saturated rings. The lowest BCUT2D eigenvalue weighted by molar-refractivity contribution is -0.267. The molecule has 38 heavy (non-hydrogen) atoms. The molecular formula is C32H52O6. The summed E-state index contributed by atoms with van der Waals surface area (Å²) in [6, 6.07) is 0. The quantitative estimate of drug-likeness (QED) is 0.287. The third-order valence-corrected chi connectivity index (χ3v) is 12.3. The van der Waals surface area contributed by atoms with Crippen molar-refractivity contribution < 1.29 is 29.6 Å². The molecule has 4 saturated carbocycles. The van der Waals surface area contributed by atoms with Crippen molar-refractivity contribution >= 4 is 11.9 Å². The van der Waals surface area contributed by atoms with E-state index in [1.165, 1.54) is 6.92 Å². The molecule has 216 valence electrons. The number of aliphatic hydroxyl groups excluding tert-OH is 2. The number of hydrogen-bond donors (Lipinski definition) is 3. The molecular weight excluding hydrogens is 480 g/mol. The van der Waals surface area contributed by atoms with Gasteiger partial charge in [-0.3, -0.25) is 4.79 Å². The van der Waals surface area contributed by atoms with Crippen LogP contribution in [-0.2, 0) is 14.3 Å². The van der Waals surface area contributed by atoms with Gasteiger partial charge in [-0.2, -0.15) is 0 Å². The minimum absolute atomic E-state index is 0.00645. The van der Waals surface area contributed by atoms with Crippen LogP contribution in [0.15, 0.2) is 11.1 Å². The van der Waals surface area contributed by atoms with Gasteiger partial charge in [0.05, 0.1) is 12.2 Å². The molecule has 11 atom stereocenters. The molecule has 0 aromatic rings. The molecule has 0 aliphatic heterocycles. The highest BCUT2D eigenvalue weighted by atomic mass is 16.5. The van der Waals surface area contributed by atoms with Crippen LogP contribution < -0.4 is 0 Å². The predicted octanol–water partition coefficient (Wildman–Crippen LogP) is 5.99. The Kier molecular flexibility index (Phi) is 7.95. The summed E-state index contributed by atoms with van der Waals surface area (Å²) < 4.78 is 5.91. The minimum Gasteiger partial charge on any atom is -0.478 e. The van der Waals surface area contributed by atoms with E-state index >= 15 is 0 Å². The lowest BCUT2D eigenvalue weighted by Crippen LogP contribution is -2.69. The third-order valence-electron chi connectivity index (χ3n) is 12.3. The highest BCUT2D eigenvalue weighted by Crippen LogP contribution is 2.75. The Bertz CT molecular complexity index is 971. The maximum Gasteiger partial charge on any atom is 0.331 e. The van der Waals surface area contributed by atoms with Crippen LogP contribution in [0.1, 0.15) is 107 Å². The van der Waals surface area contributed by atoms with Gasteiger partial charge in [-0.15, -0.1) is 0 Å². The molecule has 0 radical (unpaired) electrons. The Morgan fingerprint density at radius 1 is 1.05 bits per heavy atom. The first-order valence-corrected chi connectivity index (χ1v) is 15.1. The number of carboxylic acid groups (broad SMARTS) is 1. The van der Waals surface area contributed by atoms with Crippen molar-refractivity contribution in [1.82, 2.24) is 0 Å². The van der Waals surface area contributed by atoms with Crippen molar-refractivity contribution in [3.63, 3.8) is 0 Å². The Hall–Kier alpha value is -1.40. The summed E-state index contributed by atoms with van der Waals surface area (Å²) >= 11 is 0. The van der Waals surface area contributed by atoms with Gasteiger partial charge in [-0.25, -0.2) is 4.79 Å². The molecule has 0 saturated heterocycles. The maximum absolute atomic E-state index is 12.7. The summed E-state index contributed by atoms with van der Waals surface area (Å²) in [6.07, 6.45) is 4.74. The smallest absolute Gasteiger partial charge is 0.331 e. The fourth-order valence-electron chi connectivity index (χ4n) is 10.6. The van der Waals surface area contributed by atoms with Crippen molar-refractivity contribution in [2.24, 2.45) is 51.8 Å². The Morgan fingerprint density at radius 3 is 2.29 bits per heavy atom. The lowest BCUT2D eigenvalue weighted by atomic mass is 9.34. The van der Waals surface area contributed by atoms with E-state index < -0.39 is 29.0 Å². The molecule has 11 unspecified atom stereocenters. The second-order valence-corrected chi connectivity index (χ2v) is 14.5. The molecule has 6 heteroatoms. The molecule has 3 N–H and O–H groups in total. The molecule has 0 spiro atoms. The summed E-state index contributed by atoms with van der Waals surface area (Å²) in [5.74, 6) is -0.244. The number of carbonyl (C=O) groups excluding carboxylic acids is 1. The SMILES string of the molecule is CC(=O)OC1CC2(C)C(CCC3C4(C)CCC(O)C(C)C4C(C)C(O)C32C)/C1=C(\CCCC(C)C)C(=O)O. The van der Waals surface area contributed by atoms with Crippen LogP contribution in [0.25, 0.3) is 0 Å². The van der Waals surface area contributed by atoms with Gasteiger partial charge in [0.1, 0.15) is 6.10 Å². The first kappa shape index (κ1) is 29.6. The number of aliphatic hydroxyl groups is 2. The predicted molar refractivity (Wildman–Crippen MR) is 147 cm³/mol. The van der Waals surface area contributed by atoms with E-state index in [4.69, 9.17) is 4.74 Å². The Labute approximate surface area is 229 Å². The highest BCUT2D eigenvalue weighted by Gasteiger charge is 2.72. The largest absolute Gasteiger partial charge is 0.478 e. The Morgan fingerprint density at radius 2 is 1.71 bits per heavy atom. The van der Waals surface area contributed by atoms with E-state index in [9.17, 15) is 24.9 Å². The summed E-state index contributed by atoms with van der Waals surface area (Å²) in [4.78, 5) is 25.0. The molecule has 4 rings (SSSR count). The maximum atomic E-state index is 12.7. The lowest BCUT2D eigenvalue weighted by Gasteiger charge is -2.71. The second kappa shape index (κ2) is 10.2. The molecule has 4 aliphatic carbocycles. The van der Waals surface area contributed by atoms with Gasteiger partial charge in [0.15, 0.2) is 0 Å².